The molecular weight excluding hydrogens is 466 g/mol. The highest BCUT2D eigenvalue weighted by Gasteiger charge is 2.16. The van der Waals surface area contributed by atoms with Crippen LogP contribution in [0.3, 0.4) is 0 Å². The van der Waals surface area contributed by atoms with Gasteiger partial charge in [-0.3, -0.25) is 4.99 Å². The maximum atomic E-state index is 6.13. The first-order valence-corrected chi connectivity index (χ1v) is 10.4. The van der Waals surface area contributed by atoms with E-state index in [1.165, 1.54) is 16.8 Å². The topological polar surface area (TPSA) is 15.6 Å². The summed E-state index contributed by atoms with van der Waals surface area (Å²) in [5, 5.41) is 5.41. The van der Waals surface area contributed by atoms with Crippen LogP contribution in [0.4, 0.5) is 5.69 Å². The molecule has 29 heavy (non-hydrogen) atoms. The van der Waals surface area contributed by atoms with Crippen molar-refractivity contribution in [3.8, 4) is 11.1 Å². The van der Waals surface area contributed by atoms with Crippen LogP contribution in [0.5, 0.6) is 0 Å². The van der Waals surface area contributed by atoms with Gasteiger partial charge in [0, 0.05) is 24.8 Å². The van der Waals surface area contributed by atoms with E-state index in [-0.39, 0.29) is 24.8 Å². The average molecular weight is 486 g/mol. The first-order valence-electron chi connectivity index (χ1n) is 8.67. The highest BCUT2D eigenvalue weighted by Crippen LogP contribution is 2.31. The van der Waals surface area contributed by atoms with Crippen molar-refractivity contribution in [3.05, 3.63) is 80.5 Å². The molecule has 0 atom stereocenters. The first kappa shape index (κ1) is 23.8. The van der Waals surface area contributed by atoms with Gasteiger partial charge in [0.1, 0.15) is 0 Å². The lowest BCUT2D eigenvalue weighted by atomic mass is 10.0. The molecule has 0 aliphatic carbocycles. The Labute approximate surface area is 197 Å². The number of halogens is 4. The van der Waals surface area contributed by atoms with Crippen LogP contribution in [0.2, 0.25) is 10.0 Å². The molecule has 7 heteroatoms. The molecule has 0 amide bonds. The standard InChI is InChI=1S/C22H18Cl2N2S.2ClH/c1-26-10-9-25-21(7-3-15-2-6-19(23)20(24)12-15)18-5-4-16(13-22(18)26)17-8-11-27-14-17;;/h2-8,11-14H,9-10H2,1H3;2*1H. The molecule has 0 spiro atoms. The second kappa shape index (κ2) is 10.5. The molecule has 1 aliphatic rings. The van der Waals surface area contributed by atoms with Crippen molar-refractivity contribution in [1.82, 2.24) is 0 Å². The van der Waals surface area contributed by atoms with E-state index < -0.39 is 0 Å². The van der Waals surface area contributed by atoms with Gasteiger partial charge in [-0.15, -0.1) is 24.8 Å². The zero-order valence-corrected chi connectivity index (χ0v) is 19.6. The fourth-order valence-corrected chi connectivity index (χ4v) is 4.10. The first-order chi connectivity index (χ1) is 13.1. The Morgan fingerprint density at radius 2 is 1.79 bits per heavy atom. The van der Waals surface area contributed by atoms with Gasteiger partial charge in [0.05, 0.1) is 22.3 Å². The third-order valence-corrected chi connectivity index (χ3v) is 6.06. The Balaban J connectivity index is 0.00000150. The summed E-state index contributed by atoms with van der Waals surface area (Å²) in [6.45, 7) is 1.66. The van der Waals surface area contributed by atoms with Gasteiger partial charge >= 0.3 is 0 Å². The van der Waals surface area contributed by atoms with Gasteiger partial charge in [-0.1, -0.05) is 47.5 Å². The minimum atomic E-state index is 0. The average Bonchev–Trinajstić information content (AvgIpc) is 3.16. The van der Waals surface area contributed by atoms with Crippen molar-refractivity contribution in [2.75, 3.05) is 25.0 Å². The highest BCUT2D eigenvalue weighted by molar-refractivity contribution is 7.08. The molecule has 3 aromatic rings. The molecule has 0 saturated heterocycles. The molecule has 0 fully saturated rings. The number of benzodiazepines with no additional fused rings is 1. The summed E-state index contributed by atoms with van der Waals surface area (Å²) >= 11 is 13.8. The minimum Gasteiger partial charge on any atom is -0.372 e. The monoisotopic (exact) mass is 484 g/mol. The minimum absolute atomic E-state index is 0. The molecular formula is C22H20Cl4N2S. The number of aliphatic imine (C=N–C) groups is 1. The molecule has 1 aliphatic heterocycles. The van der Waals surface area contributed by atoms with Gasteiger partial charge in [-0.25, -0.2) is 0 Å². The van der Waals surface area contributed by atoms with E-state index in [0.717, 1.165) is 29.9 Å². The lowest BCUT2D eigenvalue weighted by Gasteiger charge is -2.20. The van der Waals surface area contributed by atoms with E-state index in [2.05, 4.69) is 53.0 Å². The molecule has 2 heterocycles. The number of fused-ring (bicyclic) bond motifs is 1. The molecule has 152 valence electrons. The molecule has 2 nitrogen and oxygen atoms in total. The van der Waals surface area contributed by atoms with Gasteiger partial charge in [-0.2, -0.15) is 11.3 Å². The summed E-state index contributed by atoms with van der Waals surface area (Å²) in [4.78, 5) is 7.07. The smallest absolute Gasteiger partial charge is 0.0668 e. The molecule has 0 N–H and O–H groups in total. The predicted molar refractivity (Wildman–Crippen MR) is 134 cm³/mol. The van der Waals surface area contributed by atoms with E-state index in [9.17, 15) is 0 Å². The molecule has 0 bridgehead atoms. The molecule has 0 unspecified atom stereocenters. The van der Waals surface area contributed by atoms with Gasteiger partial charge < -0.3 is 4.90 Å². The number of allylic oxidation sites excluding steroid dienone is 1. The Hall–Kier alpha value is -1.49. The highest BCUT2D eigenvalue weighted by atomic mass is 35.5. The van der Waals surface area contributed by atoms with Crippen molar-refractivity contribution in [2.24, 2.45) is 4.99 Å². The van der Waals surface area contributed by atoms with Crippen LogP contribution in [-0.4, -0.2) is 25.8 Å². The molecule has 2 aromatic carbocycles. The fraction of sp³-hybridized carbons (Fsp3) is 0.136. The normalized spacial score (nSPS) is 13.2. The van der Waals surface area contributed by atoms with E-state index >= 15 is 0 Å². The SMILES string of the molecule is CN1CCN=C(C=Cc2ccc(Cl)c(Cl)c2)c2ccc(-c3ccsc3)cc21.Cl.Cl. The largest absolute Gasteiger partial charge is 0.372 e. The summed E-state index contributed by atoms with van der Waals surface area (Å²) in [6.07, 6.45) is 4.09. The van der Waals surface area contributed by atoms with Crippen LogP contribution in [0.15, 0.2) is 64.3 Å². The van der Waals surface area contributed by atoms with Gasteiger partial charge in [0.25, 0.3) is 0 Å². The maximum absolute atomic E-state index is 6.13. The van der Waals surface area contributed by atoms with Crippen molar-refractivity contribution < 1.29 is 0 Å². The Bertz CT molecular complexity index is 1030. The fourth-order valence-electron chi connectivity index (χ4n) is 3.13. The molecule has 4 rings (SSSR count). The van der Waals surface area contributed by atoms with E-state index in [1.54, 1.807) is 11.3 Å². The summed E-state index contributed by atoms with van der Waals surface area (Å²) < 4.78 is 0. The van der Waals surface area contributed by atoms with Crippen LogP contribution in [0.25, 0.3) is 17.2 Å². The van der Waals surface area contributed by atoms with Gasteiger partial charge in [0.2, 0.25) is 0 Å². The van der Waals surface area contributed by atoms with Crippen LogP contribution in [0, 0.1) is 0 Å². The predicted octanol–water partition coefficient (Wildman–Crippen LogP) is 7.52. The summed E-state index contributed by atoms with van der Waals surface area (Å²) in [5.74, 6) is 0. The lowest BCUT2D eigenvalue weighted by molar-refractivity contribution is 0.897. The second-order valence-corrected chi connectivity index (χ2v) is 8.03. The van der Waals surface area contributed by atoms with E-state index in [0.29, 0.717) is 10.0 Å². The van der Waals surface area contributed by atoms with Crippen molar-refractivity contribution in [3.63, 3.8) is 0 Å². The van der Waals surface area contributed by atoms with Crippen LogP contribution < -0.4 is 4.90 Å². The van der Waals surface area contributed by atoms with Gasteiger partial charge in [-0.05, 0) is 57.8 Å². The quantitative estimate of drug-likeness (QED) is 0.374. The van der Waals surface area contributed by atoms with Gasteiger partial charge in [0.15, 0.2) is 0 Å². The number of nitrogens with zero attached hydrogens (tertiary/aromatic N) is 2. The third kappa shape index (κ3) is 5.36. The number of hydrogen-bond donors (Lipinski definition) is 0. The Kier molecular flexibility index (Phi) is 8.62. The summed E-state index contributed by atoms with van der Waals surface area (Å²) in [7, 11) is 2.12. The number of rotatable bonds is 3. The number of benzene rings is 2. The van der Waals surface area contributed by atoms with Crippen LogP contribution in [-0.2, 0) is 0 Å². The van der Waals surface area contributed by atoms with E-state index in [4.69, 9.17) is 28.2 Å². The number of anilines is 1. The zero-order chi connectivity index (χ0) is 18.8. The maximum Gasteiger partial charge on any atom is 0.0668 e. The van der Waals surface area contributed by atoms with Crippen LogP contribution in [0.1, 0.15) is 11.1 Å². The Morgan fingerprint density at radius 1 is 0.966 bits per heavy atom. The third-order valence-electron chi connectivity index (χ3n) is 4.63. The van der Waals surface area contributed by atoms with Crippen molar-refractivity contribution in [1.29, 1.82) is 0 Å². The molecule has 0 radical (unpaired) electrons. The Morgan fingerprint density at radius 3 is 2.52 bits per heavy atom. The van der Waals surface area contributed by atoms with E-state index in [1.807, 2.05) is 24.3 Å². The number of thiophene rings is 1. The van der Waals surface area contributed by atoms with Crippen molar-refractivity contribution in [2.45, 2.75) is 0 Å². The molecule has 0 saturated carbocycles. The van der Waals surface area contributed by atoms with Crippen LogP contribution >= 0.6 is 59.4 Å². The number of hydrogen-bond acceptors (Lipinski definition) is 3. The van der Waals surface area contributed by atoms with Crippen molar-refractivity contribution >= 4 is 76.8 Å². The zero-order valence-electron chi connectivity index (χ0n) is 15.6. The molecule has 1 aromatic heterocycles. The summed E-state index contributed by atoms with van der Waals surface area (Å²) in [6, 6.07) is 14.4. The number of likely N-dealkylation sites (N-methyl/N-ethyl adjacent to an activating group) is 1. The summed E-state index contributed by atoms with van der Waals surface area (Å²) in [5.41, 5.74) is 6.82. The second-order valence-electron chi connectivity index (χ2n) is 6.44. The lowest BCUT2D eigenvalue weighted by Crippen LogP contribution is -2.20.